The maximum Gasteiger partial charge on any atom is 0.408 e. The second kappa shape index (κ2) is 21.3. The minimum atomic E-state index is -1.02. The third-order valence-corrected chi connectivity index (χ3v) is 7.57. The first-order chi connectivity index (χ1) is 24.1. The Balaban J connectivity index is 1.70. The van der Waals surface area contributed by atoms with E-state index in [0.717, 1.165) is 16.7 Å². The highest BCUT2D eigenvalue weighted by Crippen LogP contribution is 2.10. The molecule has 0 saturated heterocycles. The highest BCUT2D eigenvalue weighted by Gasteiger charge is 2.29. The molecule has 0 aliphatic rings. The summed E-state index contributed by atoms with van der Waals surface area (Å²) in [7, 11) is 0. The summed E-state index contributed by atoms with van der Waals surface area (Å²) in [6.45, 7) is 4.37. The summed E-state index contributed by atoms with van der Waals surface area (Å²) in [4.78, 5) is 52.9. The quantitative estimate of drug-likeness (QED) is 0.0435. The van der Waals surface area contributed by atoms with E-state index in [0.29, 0.717) is 25.8 Å². The van der Waals surface area contributed by atoms with E-state index in [1.807, 2.05) is 105 Å². The zero-order chi connectivity index (χ0) is 36.1. The second-order valence-electron chi connectivity index (χ2n) is 12.3. The van der Waals surface area contributed by atoms with Gasteiger partial charge in [0.25, 0.3) is 0 Å². The van der Waals surface area contributed by atoms with Gasteiger partial charge in [-0.25, -0.2) is 4.79 Å². The summed E-state index contributed by atoms with van der Waals surface area (Å²) >= 11 is 0. The van der Waals surface area contributed by atoms with Gasteiger partial charge in [0.2, 0.25) is 17.7 Å². The fourth-order valence-corrected chi connectivity index (χ4v) is 5.07. The van der Waals surface area contributed by atoms with E-state index in [9.17, 15) is 19.2 Å². The van der Waals surface area contributed by atoms with Gasteiger partial charge in [0, 0.05) is 19.2 Å². The molecule has 50 heavy (non-hydrogen) atoms. The maximum absolute atomic E-state index is 13.8. The molecular weight excluding hydrogens is 634 g/mol. The predicted molar refractivity (Wildman–Crippen MR) is 195 cm³/mol. The molecule has 266 valence electrons. The van der Waals surface area contributed by atoms with Gasteiger partial charge in [-0.15, -0.1) is 0 Å². The number of benzene rings is 3. The summed E-state index contributed by atoms with van der Waals surface area (Å²) in [6, 6.07) is 25.8. The number of hydrogen-bond donors (Lipinski definition) is 7. The molecule has 0 heterocycles. The Hall–Kier alpha value is -5.65. The van der Waals surface area contributed by atoms with Crippen LogP contribution in [0.2, 0.25) is 0 Å². The minimum absolute atomic E-state index is 0.0205. The van der Waals surface area contributed by atoms with Crippen molar-refractivity contribution in [2.75, 3.05) is 13.1 Å². The highest BCUT2D eigenvalue weighted by molar-refractivity contribution is 5.92. The van der Waals surface area contributed by atoms with Gasteiger partial charge in [-0.05, 0) is 54.4 Å². The van der Waals surface area contributed by atoms with Crippen LogP contribution in [0, 0.1) is 11.3 Å². The van der Waals surface area contributed by atoms with Crippen LogP contribution in [0.5, 0.6) is 0 Å². The van der Waals surface area contributed by atoms with Crippen LogP contribution in [0.25, 0.3) is 6.08 Å². The standard InChI is InChI=1S/C38H49N7O5/c1-27(2)23-33(44-35(47)32(19-12-22-41-37(39)40)45-38(49)50-26-30-17-10-5-11-18-30)36(48)43-31(24-29-15-8-4-9-16-29)25-42-34(46)21-20-28-13-6-3-7-14-28/h3-11,13-18,20-21,27,31-33H,12,19,22-26H2,1-2H3,(H,42,46)(H,43,48)(H,44,47)(H,45,49)(H4,39,40,41)/b21-20+/t31-,32-,33-/m0/s1. The molecule has 0 saturated carbocycles. The molecule has 0 aliphatic heterocycles. The van der Waals surface area contributed by atoms with Crippen molar-refractivity contribution in [2.24, 2.45) is 11.7 Å². The maximum atomic E-state index is 13.8. The lowest BCUT2D eigenvalue weighted by molar-refractivity contribution is -0.130. The largest absolute Gasteiger partial charge is 0.445 e. The van der Waals surface area contributed by atoms with Gasteiger partial charge in [-0.2, -0.15) is 0 Å². The van der Waals surface area contributed by atoms with E-state index < -0.39 is 36.0 Å². The molecule has 3 aromatic carbocycles. The molecule has 3 aromatic rings. The van der Waals surface area contributed by atoms with E-state index in [1.165, 1.54) is 6.08 Å². The zero-order valence-corrected chi connectivity index (χ0v) is 28.7. The minimum Gasteiger partial charge on any atom is -0.445 e. The number of ether oxygens (including phenoxy) is 1. The smallest absolute Gasteiger partial charge is 0.408 e. The summed E-state index contributed by atoms with van der Waals surface area (Å²) in [5.74, 6) is -1.43. The van der Waals surface area contributed by atoms with Gasteiger partial charge in [0.15, 0.2) is 5.96 Å². The van der Waals surface area contributed by atoms with E-state index in [-0.39, 0.29) is 37.4 Å². The van der Waals surface area contributed by atoms with Crippen LogP contribution in [0.15, 0.2) is 97.1 Å². The molecule has 3 atom stereocenters. The van der Waals surface area contributed by atoms with Gasteiger partial charge in [0.05, 0.1) is 6.04 Å². The molecule has 8 N–H and O–H groups in total. The number of nitrogens with one attached hydrogen (secondary N) is 6. The monoisotopic (exact) mass is 683 g/mol. The Bertz CT molecular complexity index is 1530. The van der Waals surface area contributed by atoms with Gasteiger partial charge < -0.3 is 37.1 Å². The molecular formula is C38H49N7O5. The average molecular weight is 684 g/mol. The van der Waals surface area contributed by atoms with E-state index in [1.54, 1.807) is 6.08 Å². The molecule has 0 spiro atoms. The Labute approximate surface area is 294 Å². The normalized spacial score (nSPS) is 12.7. The van der Waals surface area contributed by atoms with Crippen molar-refractivity contribution in [1.29, 1.82) is 5.41 Å². The van der Waals surface area contributed by atoms with Gasteiger partial charge >= 0.3 is 6.09 Å². The molecule has 0 radical (unpaired) electrons. The molecule has 0 fully saturated rings. The Morgan fingerprint density at radius 1 is 0.780 bits per heavy atom. The van der Waals surface area contributed by atoms with Crippen LogP contribution in [-0.2, 0) is 32.1 Å². The Morgan fingerprint density at radius 2 is 1.38 bits per heavy atom. The molecule has 0 aliphatic carbocycles. The number of guanidine groups is 1. The summed E-state index contributed by atoms with van der Waals surface area (Å²) in [5, 5.41) is 21.5. The number of rotatable bonds is 19. The molecule has 3 rings (SSSR count). The lowest BCUT2D eigenvalue weighted by atomic mass is 10.0. The Morgan fingerprint density at radius 3 is 2.00 bits per heavy atom. The summed E-state index contributed by atoms with van der Waals surface area (Å²) < 4.78 is 5.35. The number of hydrogen-bond acceptors (Lipinski definition) is 6. The van der Waals surface area contributed by atoms with E-state index >= 15 is 0 Å². The number of carbonyl (C=O) groups is 4. The van der Waals surface area contributed by atoms with Crippen LogP contribution in [0.3, 0.4) is 0 Å². The molecule has 4 amide bonds. The van der Waals surface area contributed by atoms with Crippen molar-refractivity contribution in [1.82, 2.24) is 26.6 Å². The zero-order valence-electron chi connectivity index (χ0n) is 28.7. The molecule has 0 unspecified atom stereocenters. The van der Waals surface area contributed by atoms with E-state index in [4.69, 9.17) is 15.9 Å². The van der Waals surface area contributed by atoms with Crippen molar-refractivity contribution >= 4 is 35.9 Å². The van der Waals surface area contributed by atoms with Crippen molar-refractivity contribution in [3.8, 4) is 0 Å². The van der Waals surface area contributed by atoms with Gasteiger partial charge in [-0.3, -0.25) is 19.8 Å². The molecule has 12 nitrogen and oxygen atoms in total. The van der Waals surface area contributed by atoms with Crippen LogP contribution in [-0.4, -0.2) is 61.0 Å². The van der Waals surface area contributed by atoms with Crippen LogP contribution < -0.4 is 32.3 Å². The topological polar surface area (TPSA) is 188 Å². The van der Waals surface area contributed by atoms with Crippen LogP contribution in [0.1, 0.15) is 49.8 Å². The molecule has 0 bridgehead atoms. The average Bonchev–Trinajstić information content (AvgIpc) is 3.10. The lowest BCUT2D eigenvalue weighted by Gasteiger charge is -2.27. The van der Waals surface area contributed by atoms with Crippen LogP contribution >= 0.6 is 0 Å². The second-order valence-corrected chi connectivity index (χ2v) is 12.3. The van der Waals surface area contributed by atoms with Crippen molar-refractivity contribution in [3.05, 3.63) is 114 Å². The van der Waals surface area contributed by atoms with Gasteiger partial charge in [-0.1, -0.05) is 105 Å². The first kappa shape index (κ1) is 38.8. The van der Waals surface area contributed by atoms with Crippen molar-refractivity contribution in [3.63, 3.8) is 0 Å². The number of carbonyl (C=O) groups excluding carboxylic acids is 4. The molecule has 0 aromatic heterocycles. The third kappa shape index (κ3) is 15.5. The van der Waals surface area contributed by atoms with Crippen molar-refractivity contribution < 1.29 is 23.9 Å². The predicted octanol–water partition coefficient (Wildman–Crippen LogP) is 3.63. The fraction of sp³-hybridized carbons (Fsp3) is 0.342. The first-order valence-electron chi connectivity index (χ1n) is 16.8. The van der Waals surface area contributed by atoms with Crippen LogP contribution in [0.4, 0.5) is 4.79 Å². The summed E-state index contributed by atoms with van der Waals surface area (Å²) in [6.07, 6.45) is 3.75. The number of nitrogens with two attached hydrogens (primary N) is 1. The molecule has 12 heteroatoms. The SMILES string of the molecule is CC(C)C[C@H](NC(=O)[C@H](CCCNC(=N)N)NC(=O)OCc1ccccc1)C(=O)N[C@H](CNC(=O)/C=C/c1ccccc1)Cc1ccccc1. The Kier molecular flexibility index (Phi) is 16.6. The fourth-order valence-electron chi connectivity index (χ4n) is 5.07. The number of amides is 4. The first-order valence-corrected chi connectivity index (χ1v) is 16.8. The number of alkyl carbamates (subject to hydrolysis) is 1. The summed E-state index contributed by atoms with van der Waals surface area (Å²) in [5.41, 5.74) is 8.03. The van der Waals surface area contributed by atoms with Gasteiger partial charge in [0.1, 0.15) is 18.7 Å². The third-order valence-electron chi connectivity index (χ3n) is 7.57. The van der Waals surface area contributed by atoms with E-state index in [2.05, 4.69) is 26.6 Å². The highest BCUT2D eigenvalue weighted by atomic mass is 16.5. The lowest BCUT2D eigenvalue weighted by Crippen LogP contribution is -2.56. The van der Waals surface area contributed by atoms with Crippen molar-refractivity contribution in [2.45, 2.75) is 64.3 Å².